The van der Waals surface area contributed by atoms with Crippen molar-refractivity contribution in [3.05, 3.63) is 94.8 Å². The molecule has 2 saturated heterocycles. The summed E-state index contributed by atoms with van der Waals surface area (Å²) in [5, 5.41) is 65.5. The predicted molar refractivity (Wildman–Crippen MR) is 172 cm³/mol. The van der Waals surface area contributed by atoms with E-state index in [0.29, 0.717) is 11.1 Å². The van der Waals surface area contributed by atoms with Crippen LogP contribution in [0.4, 0.5) is 5.69 Å². The van der Waals surface area contributed by atoms with Crippen LogP contribution in [0.25, 0.3) is 0 Å². The van der Waals surface area contributed by atoms with Crippen LogP contribution in [-0.2, 0) is 30.3 Å². The van der Waals surface area contributed by atoms with Gasteiger partial charge < -0.3 is 59.6 Å². The van der Waals surface area contributed by atoms with Gasteiger partial charge in [0.15, 0.2) is 12.6 Å². The van der Waals surface area contributed by atoms with Gasteiger partial charge in [0.2, 0.25) is 0 Å². The lowest BCUT2D eigenvalue weighted by Crippen LogP contribution is -2.64. The van der Waals surface area contributed by atoms with E-state index in [9.17, 15) is 40.2 Å². The van der Waals surface area contributed by atoms with E-state index in [1.165, 1.54) is 30.6 Å². The summed E-state index contributed by atoms with van der Waals surface area (Å²) in [6.07, 6.45) is -13.3. The lowest BCUT2D eigenvalue weighted by Gasteiger charge is -2.46. The molecule has 0 saturated carbocycles. The van der Waals surface area contributed by atoms with E-state index in [2.05, 4.69) is 10.3 Å². The van der Waals surface area contributed by atoms with Crippen molar-refractivity contribution in [1.29, 1.82) is 0 Å². The number of aromatic nitrogens is 1. The molecule has 49 heavy (non-hydrogen) atoms. The number of hydrogen-bond acceptors (Lipinski definition) is 14. The van der Waals surface area contributed by atoms with Gasteiger partial charge >= 0.3 is 5.97 Å². The Kier molecular flexibility index (Phi) is 13.8. The minimum absolute atomic E-state index is 0. The molecule has 5 rings (SSSR count). The maximum absolute atomic E-state index is 12.7. The van der Waals surface area contributed by atoms with Crippen LogP contribution < -0.4 is 5.32 Å². The lowest BCUT2D eigenvalue weighted by molar-refractivity contribution is -0.360. The number of anilines is 1. The number of benzene rings is 2. The van der Waals surface area contributed by atoms with E-state index in [1.54, 1.807) is 42.5 Å². The molecular formula is C32H36Cl2N2O13. The molecule has 10 unspecified atom stereocenters. The van der Waals surface area contributed by atoms with Crippen molar-refractivity contribution in [3.8, 4) is 0 Å². The van der Waals surface area contributed by atoms with Gasteiger partial charge in [0.1, 0.15) is 55.4 Å². The number of hydrogen-bond donors (Lipinski definition) is 7. The molecule has 0 bridgehead atoms. The van der Waals surface area contributed by atoms with Crippen LogP contribution in [0.5, 0.6) is 0 Å². The summed E-state index contributed by atoms with van der Waals surface area (Å²) in [5.74, 6) is -1.18. The van der Waals surface area contributed by atoms with Crippen LogP contribution in [0, 0.1) is 0 Å². The largest absolute Gasteiger partial charge is 0.459 e. The number of nitrogens with zero attached hydrogens (tertiary/aromatic N) is 1. The third kappa shape index (κ3) is 9.29. The van der Waals surface area contributed by atoms with Crippen LogP contribution in [0.15, 0.2) is 73.1 Å². The number of aliphatic hydroxyl groups is 6. The third-order valence-electron chi connectivity index (χ3n) is 7.79. The van der Waals surface area contributed by atoms with Crippen LogP contribution in [0.1, 0.15) is 26.3 Å². The first-order valence-corrected chi connectivity index (χ1v) is 15.3. The average Bonchev–Trinajstić information content (AvgIpc) is 3.11. The molecule has 2 fully saturated rings. The molecule has 0 radical (unpaired) electrons. The Bertz CT molecular complexity index is 1520. The molecule has 0 spiro atoms. The fourth-order valence-corrected chi connectivity index (χ4v) is 5.29. The van der Waals surface area contributed by atoms with Crippen molar-refractivity contribution in [2.24, 2.45) is 0 Å². The van der Waals surface area contributed by atoms with Gasteiger partial charge in [-0.2, -0.15) is 0 Å². The monoisotopic (exact) mass is 726 g/mol. The highest BCUT2D eigenvalue weighted by Crippen LogP contribution is 2.31. The zero-order valence-electron chi connectivity index (χ0n) is 25.6. The first-order valence-electron chi connectivity index (χ1n) is 14.9. The van der Waals surface area contributed by atoms with E-state index >= 15 is 0 Å². The molecule has 2 aromatic carbocycles. The number of nitrogens with one attached hydrogen (secondary N) is 1. The summed E-state index contributed by atoms with van der Waals surface area (Å²) in [6, 6.07) is 15.9. The van der Waals surface area contributed by atoms with Gasteiger partial charge in [0.05, 0.1) is 35.1 Å². The van der Waals surface area contributed by atoms with Crippen molar-refractivity contribution in [2.75, 3.05) is 18.5 Å². The van der Waals surface area contributed by atoms with Crippen LogP contribution in [0.2, 0.25) is 5.02 Å². The molecule has 2 aliphatic heterocycles. The number of halogens is 2. The molecule has 15 nitrogen and oxygen atoms in total. The summed E-state index contributed by atoms with van der Waals surface area (Å²) in [6.45, 7) is -1.45. The first kappa shape index (κ1) is 38.5. The molecule has 10 atom stereocenters. The Morgan fingerprint density at radius 1 is 0.837 bits per heavy atom. The number of esters is 1. The maximum atomic E-state index is 12.7. The minimum Gasteiger partial charge on any atom is -0.459 e. The summed E-state index contributed by atoms with van der Waals surface area (Å²) < 4.78 is 28.3. The molecule has 1 aromatic heterocycles. The molecule has 7 N–H and O–H groups in total. The number of amides is 1. The van der Waals surface area contributed by atoms with Gasteiger partial charge in [-0.15, -0.1) is 12.4 Å². The van der Waals surface area contributed by atoms with Gasteiger partial charge in [0, 0.05) is 12.4 Å². The van der Waals surface area contributed by atoms with Gasteiger partial charge in [-0.25, -0.2) is 4.79 Å². The number of carbonyl (C=O) groups is 2. The second-order valence-corrected chi connectivity index (χ2v) is 11.5. The Morgan fingerprint density at radius 2 is 1.53 bits per heavy atom. The van der Waals surface area contributed by atoms with Crippen LogP contribution in [0.3, 0.4) is 0 Å². The standard InChI is InChI=1S/C32H35ClN2O13.ClH/c33-19-9-8-16(11-20(19)35-29(42)18-7-4-10-34-12-18)14-45-31-27(41)25(39)28(48-32-26(40)24(38)23(37)21(13-36)46-32)22(47-31)15-44-30(43)17-5-2-1-3-6-17;/h1-12,21-28,31-32,36-41H,13-15H2,(H,35,42);1H. The minimum atomic E-state index is -1.83. The highest BCUT2D eigenvalue weighted by molar-refractivity contribution is 6.34. The molecular weight excluding hydrogens is 691 g/mol. The summed E-state index contributed by atoms with van der Waals surface area (Å²) in [7, 11) is 0. The molecule has 3 aromatic rings. The summed E-state index contributed by atoms with van der Waals surface area (Å²) >= 11 is 6.29. The van der Waals surface area contributed by atoms with E-state index in [-0.39, 0.29) is 35.3 Å². The lowest BCUT2D eigenvalue weighted by atomic mass is 9.97. The van der Waals surface area contributed by atoms with Gasteiger partial charge in [-0.1, -0.05) is 35.9 Å². The van der Waals surface area contributed by atoms with Crippen molar-refractivity contribution < 1.29 is 63.9 Å². The molecule has 17 heteroatoms. The SMILES string of the molecule is Cl.O=C(Nc1cc(COC2OC(COC(=O)c3ccccc3)C(OC3OC(CO)C(O)C(O)C3O)C(O)C2O)ccc1Cl)c1cccnc1. The number of aliphatic hydroxyl groups excluding tert-OH is 6. The summed E-state index contributed by atoms with van der Waals surface area (Å²) in [5.41, 5.74) is 1.30. The Balaban J connectivity index is 0.00000541. The fraction of sp³-hybridized carbons (Fsp3) is 0.406. The third-order valence-corrected chi connectivity index (χ3v) is 8.12. The maximum Gasteiger partial charge on any atom is 0.338 e. The highest BCUT2D eigenvalue weighted by atomic mass is 35.5. The zero-order valence-corrected chi connectivity index (χ0v) is 27.2. The number of pyridine rings is 1. The zero-order chi connectivity index (χ0) is 34.4. The quantitative estimate of drug-likeness (QED) is 0.133. The van der Waals surface area contributed by atoms with Gasteiger partial charge in [0.25, 0.3) is 5.91 Å². The van der Waals surface area contributed by atoms with E-state index in [4.69, 9.17) is 35.3 Å². The molecule has 3 heterocycles. The van der Waals surface area contributed by atoms with Crippen LogP contribution in [-0.4, -0.2) is 122 Å². The van der Waals surface area contributed by atoms with Crippen molar-refractivity contribution in [2.45, 2.75) is 68.0 Å². The van der Waals surface area contributed by atoms with Gasteiger partial charge in [-0.05, 0) is 42.0 Å². The summed E-state index contributed by atoms with van der Waals surface area (Å²) in [4.78, 5) is 29.3. The number of carbonyl (C=O) groups excluding carboxylic acids is 2. The Labute approximate surface area is 291 Å². The Hall–Kier alpha value is -3.29. The van der Waals surface area contributed by atoms with E-state index in [0.717, 1.165) is 0 Å². The fourth-order valence-electron chi connectivity index (χ4n) is 5.12. The second kappa shape index (κ2) is 17.6. The van der Waals surface area contributed by atoms with Crippen molar-refractivity contribution >= 4 is 41.6 Å². The van der Waals surface area contributed by atoms with Gasteiger partial charge in [-0.3, -0.25) is 9.78 Å². The molecule has 1 amide bonds. The molecule has 2 aliphatic rings. The Morgan fingerprint density at radius 3 is 2.22 bits per heavy atom. The molecule has 266 valence electrons. The highest BCUT2D eigenvalue weighted by Gasteiger charge is 2.51. The topological polar surface area (TPSA) is 227 Å². The average molecular weight is 728 g/mol. The second-order valence-electron chi connectivity index (χ2n) is 11.1. The normalized spacial score (nSPS) is 29.8. The van der Waals surface area contributed by atoms with Crippen LogP contribution >= 0.6 is 24.0 Å². The predicted octanol–water partition coefficient (Wildman–Crippen LogP) is 0.414. The number of ether oxygens (including phenoxy) is 5. The first-order chi connectivity index (χ1) is 23.1. The van der Waals surface area contributed by atoms with Crippen molar-refractivity contribution in [1.82, 2.24) is 4.98 Å². The smallest absolute Gasteiger partial charge is 0.338 e. The van der Waals surface area contributed by atoms with Crippen molar-refractivity contribution in [3.63, 3.8) is 0 Å². The van der Waals surface area contributed by atoms with E-state index in [1.807, 2.05) is 0 Å². The number of rotatable bonds is 11. The molecule has 0 aliphatic carbocycles. The van der Waals surface area contributed by atoms with E-state index < -0.39 is 86.5 Å².